The molecule has 0 saturated heterocycles. The van der Waals surface area contributed by atoms with Gasteiger partial charge in [-0.25, -0.2) is 0 Å². The lowest BCUT2D eigenvalue weighted by atomic mass is 9.84. The molecule has 5 nitrogen and oxygen atoms in total. The number of carbonyl (C=O) groups is 1. The third-order valence-electron chi connectivity index (χ3n) is 2.50. The average molecular weight is 213 g/mol. The van der Waals surface area contributed by atoms with E-state index < -0.39 is 24.7 Å². The summed E-state index contributed by atoms with van der Waals surface area (Å²) >= 11 is 0. The van der Waals surface area contributed by atoms with E-state index in [-0.39, 0.29) is 5.92 Å². The molecule has 84 valence electrons. The Kier molecular flexibility index (Phi) is 4.61. The maximum Gasteiger partial charge on any atom is 0.126 e. The van der Waals surface area contributed by atoms with E-state index in [1.165, 1.54) is 0 Å². The van der Waals surface area contributed by atoms with E-state index >= 15 is 0 Å². The van der Waals surface area contributed by atoms with Crippen molar-refractivity contribution >= 4 is 12.5 Å². The number of aliphatic hydroxyl groups is 3. The van der Waals surface area contributed by atoms with Crippen LogP contribution >= 0.6 is 0 Å². The summed E-state index contributed by atoms with van der Waals surface area (Å²) in [4.78, 5) is 14.7. The number of carbonyl (C=O) groups excluding carboxylic acids is 1. The fourth-order valence-corrected chi connectivity index (χ4v) is 1.56. The van der Waals surface area contributed by atoms with Crippen molar-refractivity contribution in [3.05, 3.63) is 12.3 Å². The molecule has 0 aromatic rings. The van der Waals surface area contributed by atoms with Crippen molar-refractivity contribution in [2.24, 2.45) is 16.8 Å². The number of nitrogens with zero attached hydrogens (tertiary/aromatic N) is 1. The van der Waals surface area contributed by atoms with Crippen LogP contribution in [0.5, 0.6) is 0 Å². The van der Waals surface area contributed by atoms with E-state index in [1.54, 1.807) is 18.5 Å². The van der Waals surface area contributed by atoms with Crippen molar-refractivity contribution in [3.63, 3.8) is 0 Å². The second-order valence-corrected chi connectivity index (χ2v) is 3.54. The fraction of sp³-hybridized carbons (Fsp3) is 0.600. The van der Waals surface area contributed by atoms with Crippen molar-refractivity contribution in [1.29, 1.82) is 0 Å². The van der Waals surface area contributed by atoms with Crippen molar-refractivity contribution < 1.29 is 20.1 Å². The van der Waals surface area contributed by atoms with Gasteiger partial charge < -0.3 is 20.1 Å². The van der Waals surface area contributed by atoms with Crippen molar-refractivity contribution in [3.8, 4) is 0 Å². The molecule has 5 heteroatoms. The number of hydrogen-bond donors (Lipinski definition) is 3. The summed E-state index contributed by atoms with van der Waals surface area (Å²) in [6.07, 6.45) is 3.63. The standard InChI is InChI=1S/C10H15NO4/c12-5-8(10(15)9(14)6-13)7-2-1-3-11-4-7/h1,3-5,7-10,13-15H,2,6H2/t7?,8-,9-,10+/m1/s1. The molecule has 1 aliphatic heterocycles. The lowest BCUT2D eigenvalue weighted by molar-refractivity contribution is -0.120. The average Bonchev–Trinajstić information content (AvgIpc) is 2.30. The molecule has 0 radical (unpaired) electrons. The molecular formula is C10H15NO4. The normalized spacial score (nSPS) is 25.9. The minimum Gasteiger partial charge on any atom is -0.394 e. The molecule has 0 bridgehead atoms. The zero-order chi connectivity index (χ0) is 11.3. The van der Waals surface area contributed by atoms with Crippen LogP contribution in [-0.2, 0) is 4.79 Å². The number of allylic oxidation sites excluding steroid dienone is 1. The highest BCUT2D eigenvalue weighted by Gasteiger charge is 2.31. The molecular weight excluding hydrogens is 198 g/mol. The molecule has 0 aromatic heterocycles. The van der Waals surface area contributed by atoms with Crippen molar-refractivity contribution in [2.45, 2.75) is 18.6 Å². The molecule has 1 aliphatic rings. The van der Waals surface area contributed by atoms with Gasteiger partial charge in [-0.15, -0.1) is 0 Å². The highest BCUT2D eigenvalue weighted by molar-refractivity contribution is 5.70. The van der Waals surface area contributed by atoms with E-state index in [0.717, 1.165) is 0 Å². The van der Waals surface area contributed by atoms with E-state index in [1.807, 2.05) is 0 Å². The highest BCUT2D eigenvalue weighted by Crippen LogP contribution is 2.21. The van der Waals surface area contributed by atoms with Gasteiger partial charge in [-0.2, -0.15) is 0 Å². The summed E-state index contributed by atoms with van der Waals surface area (Å²) in [5.41, 5.74) is 0. The molecule has 0 aromatic carbocycles. The highest BCUT2D eigenvalue weighted by atomic mass is 16.4. The second-order valence-electron chi connectivity index (χ2n) is 3.54. The molecule has 0 saturated carbocycles. The van der Waals surface area contributed by atoms with Crippen LogP contribution in [0.15, 0.2) is 17.3 Å². The molecule has 0 spiro atoms. The number of rotatable bonds is 5. The summed E-state index contributed by atoms with van der Waals surface area (Å²) in [6.45, 7) is -0.564. The Bertz CT molecular complexity index is 264. The van der Waals surface area contributed by atoms with Crippen LogP contribution in [0.25, 0.3) is 0 Å². The Hall–Kier alpha value is -1.04. The quantitative estimate of drug-likeness (QED) is 0.517. The minimum atomic E-state index is -1.29. The second kappa shape index (κ2) is 5.75. The fourth-order valence-electron chi connectivity index (χ4n) is 1.56. The predicted octanol–water partition coefficient (Wildman–Crippen LogP) is -0.880. The van der Waals surface area contributed by atoms with Crippen LogP contribution < -0.4 is 0 Å². The molecule has 1 heterocycles. The first-order valence-corrected chi connectivity index (χ1v) is 4.81. The van der Waals surface area contributed by atoms with Gasteiger partial charge in [0.2, 0.25) is 0 Å². The van der Waals surface area contributed by atoms with Crippen LogP contribution in [0, 0.1) is 11.8 Å². The van der Waals surface area contributed by atoms with Gasteiger partial charge in [-0.3, -0.25) is 4.99 Å². The Morgan fingerprint density at radius 1 is 1.53 bits per heavy atom. The monoisotopic (exact) mass is 213 g/mol. The van der Waals surface area contributed by atoms with Gasteiger partial charge in [-0.1, -0.05) is 6.08 Å². The first-order valence-electron chi connectivity index (χ1n) is 4.81. The number of hydrogen-bond acceptors (Lipinski definition) is 5. The lowest BCUT2D eigenvalue weighted by Gasteiger charge is -2.26. The minimum absolute atomic E-state index is 0.219. The molecule has 0 fully saturated rings. The van der Waals surface area contributed by atoms with Crippen LogP contribution in [0.3, 0.4) is 0 Å². The van der Waals surface area contributed by atoms with Crippen LogP contribution in [-0.4, -0.2) is 46.6 Å². The van der Waals surface area contributed by atoms with Gasteiger partial charge in [0.15, 0.2) is 0 Å². The van der Waals surface area contributed by atoms with Gasteiger partial charge >= 0.3 is 0 Å². The van der Waals surface area contributed by atoms with Gasteiger partial charge in [0.05, 0.1) is 18.6 Å². The van der Waals surface area contributed by atoms with Gasteiger partial charge in [0.25, 0.3) is 0 Å². The summed E-state index contributed by atoms with van der Waals surface area (Å²) in [6, 6.07) is 0. The van der Waals surface area contributed by atoms with E-state index in [9.17, 15) is 15.0 Å². The first kappa shape index (κ1) is 12.0. The van der Waals surface area contributed by atoms with E-state index in [4.69, 9.17) is 5.11 Å². The molecule has 0 aliphatic carbocycles. The number of aliphatic imine (C=N–C) groups is 1. The topological polar surface area (TPSA) is 90.1 Å². The van der Waals surface area contributed by atoms with Crippen LogP contribution in [0.4, 0.5) is 0 Å². The van der Waals surface area contributed by atoms with Crippen molar-refractivity contribution in [2.75, 3.05) is 6.61 Å². The van der Waals surface area contributed by atoms with E-state index in [0.29, 0.717) is 12.7 Å². The summed E-state index contributed by atoms with van der Waals surface area (Å²) < 4.78 is 0. The predicted molar refractivity (Wildman–Crippen MR) is 54.4 cm³/mol. The third kappa shape index (κ3) is 2.95. The zero-order valence-corrected chi connectivity index (χ0v) is 8.23. The van der Waals surface area contributed by atoms with Crippen molar-refractivity contribution in [1.82, 2.24) is 0 Å². The third-order valence-corrected chi connectivity index (χ3v) is 2.50. The molecule has 3 N–H and O–H groups in total. The largest absolute Gasteiger partial charge is 0.394 e. The van der Waals surface area contributed by atoms with Gasteiger partial charge in [-0.05, 0) is 6.42 Å². The van der Waals surface area contributed by atoms with E-state index in [2.05, 4.69) is 4.99 Å². The maximum atomic E-state index is 10.8. The molecule has 0 amide bonds. The zero-order valence-electron chi connectivity index (χ0n) is 8.23. The number of aldehydes is 1. The Morgan fingerprint density at radius 3 is 2.73 bits per heavy atom. The first-order chi connectivity index (χ1) is 7.20. The SMILES string of the molecule is O=C[C@H](C1C=NC=CC1)[C@H](O)[C@H](O)CO. The van der Waals surface area contributed by atoms with Crippen LogP contribution in [0.1, 0.15) is 6.42 Å². The van der Waals surface area contributed by atoms with Gasteiger partial charge in [0.1, 0.15) is 12.4 Å². The summed E-state index contributed by atoms with van der Waals surface area (Å²) in [7, 11) is 0. The molecule has 4 atom stereocenters. The summed E-state index contributed by atoms with van der Waals surface area (Å²) in [5.74, 6) is -0.954. The Labute approximate surface area is 87.8 Å². The Balaban J connectivity index is 2.66. The molecule has 15 heavy (non-hydrogen) atoms. The van der Waals surface area contributed by atoms with Gasteiger partial charge in [0, 0.05) is 18.3 Å². The molecule has 1 unspecified atom stereocenters. The summed E-state index contributed by atoms with van der Waals surface area (Å²) in [5, 5.41) is 27.5. The Morgan fingerprint density at radius 2 is 2.27 bits per heavy atom. The number of aliphatic hydroxyl groups excluding tert-OH is 3. The molecule has 1 rings (SSSR count). The van der Waals surface area contributed by atoms with Crippen LogP contribution in [0.2, 0.25) is 0 Å². The smallest absolute Gasteiger partial charge is 0.126 e. The maximum absolute atomic E-state index is 10.8. The lowest BCUT2D eigenvalue weighted by Crippen LogP contribution is -2.41.